The maximum atomic E-state index is 13.2. The summed E-state index contributed by atoms with van der Waals surface area (Å²) in [5.74, 6) is -2.29. The average Bonchev–Trinajstić information content (AvgIpc) is 2.29. The maximum Gasteiger partial charge on any atom is 0.254 e. The number of ether oxygens (including phenoxy) is 1. The van der Waals surface area contributed by atoms with Gasteiger partial charge in [0.2, 0.25) is 0 Å². The van der Waals surface area contributed by atoms with E-state index in [9.17, 15) is 18.7 Å². The monoisotopic (exact) mass is 259 g/mol. The number of hydrogen-bond donors (Lipinski definition) is 2. The first-order chi connectivity index (χ1) is 8.54. The molecule has 1 aromatic carbocycles. The van der Waals surface area contributed by atoms with Crippen LogP contribution >= 0.6 is 0 Å². The van der Waals surface area contributed by atoms with Gasteiger partial charge in [-0.15, -0.1) is 0 Å². The Hall–Kier alpha value is -1.53. The SMILES string of the molecule is COCC(O)CCNC(=O)c1ccc(F)cc1F. The summed E-state index contributed by atoms with van der Waals surface area (Å²) in [5, 5.41) is 11.8. The van der Waals surface area contributed by atoms with Gasteiger partial charge in [0.05, 0.1) is 18.3 Å². The number of nitrogens with one attached hydrogen (secondary N) is 1. The third kappa shape index (κ3) is 4.38. The van der Waals surface area contributed by atoms with Crippen LogP contribution in [-0.4, -0.2) is 37.4 Å². The third-order valence-electron chi connectivity index (χ3n) is 2.30. The highest BCUT2D eigenvalue weighted by Gasteiger charge is 2.12. The van der Waals surface area contributed by atoms with E-state index in [0.29, 0.717) is 12.5 Å². The van der Waals surface area contributed by atoms with Gasteiger partial charge in [-0.05, 0) is 18.6 Å². The van der Waals surface area contributed by atoms with Gasteiger partial charge in [-0.25, -0.2) is 8.78 Å². The fourth-order valence-corrected chi connectivity index (χ4v) is 1.40. The Morgan fingerprint density at radius 2 is 2.22 bits per heavy atom. The second-order valence-electron chi connectivity index (χ2n) is 3.78. The lowest BCUT2D eigenvalue weighted by atomic mass is 10.2. The number of halogens is 2. The molecule has 0 aromatic heterocycles. The van der Waals surface area contributed by atoms with Crippen molar-refractivity contribution in [2.24, 2.45) is 0 Å². The number of hydrogen-bond acceptors (Lipinski definition) is 3. The molecule has 0 bridgehead atoms. The molecule has 0 aliphatic heterocycles. The van der Waals surface area contributed by atoms with Crippen molar-refractivity contribution in [1.82, 2.24) is 5.32 Å². The minimum absolute atomic E-state index is 0.167. The predicted octanol–water partition coefficient (Wildman–Crippen LogP) is 1.09. The van der Waals surface area contributed by atoms with Gasteiger partial charge >= 0.3 is 0 Å². The van der Waals surface area contributed by atoms with Crippen LogP contribution in [0.25, 0.3) is 0 Å². The van der Waals surface area contributed by atoms with E-state index in [4.69, 9.17) is 4.74 Å². The minimum atomic E-state index is -0.912. The van der Waals surface area contributed by atoms with Crippen molar-refractivity contribution in [2.75, 3.05) is 20.3 Å². The summed E-state index contributed by atoms with van der Waals surface area (Å²) in [5.41, 5.74) is -0.224. The van der Waals surface area contributed by atoms with Crippen LogP contribution in [0.1, 0.15) is 16.8 Å². The molecule has 2 N–H and O–H groups in total. The van der Waals surface area contributed by atoms with Crippen LogP contribution in [0.4, 0.5) is 8.78 Å². The molecule has 0 saturated carbocycles. The van der Waals surface area contributed by atoms with Crippen molar-refractivity contribution in [2.45, 2.75) is 12.5 Å². The predicted molar refractivity (Wildman–Crippen MR) is 61.2 cm³/mol. The number of aliphatic hydroxyl groups excluding tert-OH is 1. The smallest absolute Gasteiger partial charge is 0.254 e. The zero-order valence-electron chi connectivity index (χ0n) is 9.95. The van der Waals surface area contributed by atoms with Crippen LogP contribution in [0.15, 0.2) is 18.2 Å². The molecule has 1 aromatic rings. The summed E-state index contributed by atoms with van der Waals surface area (Å²) in [4.78, 5) is 11.5. The van der Waals surface area contributed by atoms with Gasteiger partial charge in [0.1, 0.15) is 11.6 Å². The Balaban J connectivity index is 2.45. The number of amides is 1. The van der Waals surface area contributed by atoms with Gasteiger partial charge in [-0.3, -0.25) is 4.79 Å². The summed E-state index contributed by atoms with van der Waals surface area (Å²) in [7, 11) is 1.45. The lowest BCUT2D eigenvalue weighted by Gasteiger charge is -2.10. The number of rotatable bonds is 6. The van der Waals surface area contributed by atoms with Crippen molar-refractivity contribution in [1.29, 1.82) is 0 Å². The van der Waals surface area contributed by atoms with Crippen molar-refractivity contribution in [3.05, 3.63) is 35.4 Å². The second kappa shape index (κ2) is 7.03. The molecular formula is C12H15F2NO3. The first-order valence-corrected chi connectivity index (χ1v) is 5.45. The van der Waals surface area contributed by atoms with Crippen LogP contribution in [0.3, 0.4) is 0 Å². The molecule has 0 aliphatic rings. The number of aliphatic hydroxyl groups is 1. The van der Waals surface area contributed by atoms with E-state index in [0.717, 1.165) is 12.1 Å². The lowest BCUT2D eigenvalue weighted by Crippen LogP contribution is -2.29. The molecule has 1 rings (SSSR count). The number of benzene rings is 1. The Morgan fingerprint density at radius 1 is 1.50 bits per heavy atom. The van der Waals surface area contributed by atoms with E-state index in [1.807, 2.05) is 0 Å². The fourth-order valence-electron chi connectivity index (χ4n) is 1.40. The molecule has 1 unspecified atom stereocenters. The van der Waals surface area contributed by atoms with Crippen molar-refractivity contribution < 1.29 is 23.4 Å². The van der Waals surface area contributed by atoms with Gasteiger partial charge in [0, 0.05) is 19.7 Å². The first kappa shape index (κ1) is 14.5. The second-order valence-corrected chi connectivity index (χ2v) is 3.78. The van der Waals surface area contributed by atoms with Gasteiger partial charge in [0.25, 0.3) is 5.91 Å². The molecule has 0 saturated heterocycles. The number of carbonyl (C=O) groups is 1. The van der Waals surface area contributed by atoms with Crippen LogP contribution in [0.5, 0.6) is 0 Å². The Morgan fingerprint density at radius 3 is 2.83 bits per heavy atom. The summed E-state index contributed by atoms with van der Waals surface area (Å²) in [6.45, 7) is 0.348. The minimum Gasteiger partial charge on any atom is -0.391 e. The standard InChI is InChI=1S/C12H15F2NO3/c1-18-7-9(16)4-5-15-12(17)10-3-2-8(13)6-11(10)14/h2-3,6,9,16H,4-5,7H2,1H3,(H,15,17). The largest absolute Gasteiger partial charge is 0.391 e. The van der Waals surface area contributed by atoms with Crippen LogP contribution in [0, 0.1) is 11.6 Å². The van der Waals surface area contributed by atoms with Crippen LogP contribution in [0.2, 0.25) is 0 Å². The van der Waals surface area contributed by atoms with Gasteiger partial charge in [-0.1, -0.05) is 0 Å². The van der Waals surface area contributed by atoms with E-state index in [1.54, 1.807) is 0 Å². The Kier molecular flexibility index (Phi) is 5.67. The first-order valence-electron chi connectivity index (χ1n) is 5.45. The highest BCUT2D eigenvalue weighted by atomic mass is 19.1. The molecule has 0 radical (unpaired) electrons. The summed E-state index contributed by atoms with van der Waals surface area (Å²) in [6.07, 6.45) is -0.393. The molecule has 6 heteroatoms. The number of carbonyl (C=O) groups excluding carboxylic acids is 1. The van der Waals surface area contributed by atoms with Gasteiger partial charge in [-0.2, -0.15) is 0 Å². The summed E-state index contributed by atoms with van der Waals surface area (Å²) in [6, 6.07) is 2.73. The van der Waals surface area contributed by atoms with E-state index in [2.05, 4.69) is 5.32 Å². The fraction of sp³-hybridized carbons (Fsp3) is 0.417. The third-order valence-corrected chi connectivity index (χ3v) is 2.30. The zero-order chi connectivity index (χ0) is 13.5. The van der Waals surface area contributed by atoms with Crippen molar-refractivity contribution >= 4 is 5.91 Å². The van der Waals surface area contributed by atoms with E-state index in [-0.39, 0.29) is 18.7 Å². The topological polar surface area (TPSA) is 58.6 Å². The Labute approximate surface area is 104 Å². The van der Waals surface area contributed by atoms with E-state index in [1.165, 1.54) is 7.11 Å². The lowest BCUT2D eigenvalue weighted by molar-refractivity contribution is 0.0587. The molecule has 0 spiro atoms. The summed E-state index contributed by atoms with van der Waals surface area (Å²) < 4.78 is 30.6. The van der Waals surface area contributed by atoms with Crippen molar-refractivity contribution in [3.63, 3.8) is 0 Å². The normalized spacial score (nSPS) is 12.2. The van der Waals surface area contributed by atoms with E-state index >= 15 is 0 Å². The van der Waals surface area contributed by atoms with Gasteiger partial charge < -0.3 is 15.2 Å². The van der Waals surface area contributed by atoms with Crippen LogP contribution in [-0.2, 0) is 4.74 Å². The molecule has 100 valence electrons. The molecule has 18 heavy (non-hydrogen) atoms. The Bertz CT molecular complexity index is 412. The van der Waals surface area contributed by atoms with E-state index < -0.39 is 23.6 Å². The molecule has 0 aliphatic carbocycles. The van der Waals surface area contributed by atoms with Crippen LogP contribution < -0.4 is 5.32 Å². The molecule has 1 atom stereocenters. The quantitative estimate of drug-likeness (QED) is 0.804. The molecule has 4 nitrogen and oxygen atoms in total. The maximum absolute atomic E-state index is 13.2. The number of methoxy groups -OCH3 is 1. The van der Waals surface area contributed by atoms with Crippen molar-refractivity contribution in [3.8, 4) is 0 Å². The molecule has 1 amide bonds. The zero-order valence-corrected chi connectivity index (χ0v) is 9.95. The highest BCUT2D eigenvalue weighted by Crippen LogP contribution is 2.09. The molecular weight excluding hydrogens is 244 g/mol. The molecule has 0 heterocycles. The van der Waals surface area contributed by atoms with Gasteiger partial charge in [0.15, 0.2) is 0 Å². The highest BCUT2D eigenvalue weighted by molar-refractivity contribution is 5.94. The molecule has 0 fully saturated rings. The average molecular weight is 259 g/mol. The summed E-state index contributed by atoms with van der Waals surface area (Å²) >= 11 is 0.